The van der Waals surface area contributed by atoms with Gasteiger partial charge in [0.25, 0.3) is 0 Å². The predicted octanol–water partition coefficient (Wildman–Crippen LogP) is 4.28. The highest BCUT2D eigenvalue weighted by atomic mass is 79.9. The minimum Gasteiger partial charge on any atom is -0.299 e. The van der Waals surface area contributed by atoms with E-state index in [2.05, 4.69) is 15.9 Å². The molecule has 92 valence electrons. The lowest BCUT2D eigenvalue weighted by atomic mass is 9.97. The van der Waals surface area contributed by atoms with Gasteiger partial charge in [-0.3, -0.25) is 4.79 Å². The number of hydrogen-bond donors (Lipinski definition) is 0. The normalized spacial score (nSPS) is 16.4. The van der Waals surface area contributed by atoms with Gasteiger partial charge in [-0.15, -0.1) is 0 Å². The first-order valence-corrected chi connectivity index (χ1v) is 6.93. The fourth-order valence-electron chi connectivity index (χ4n) is 2.43. The molecule has 2 rings (SSSR count). The first kappa shape index (κ1) is 12.7. The average Bonchev–Trinajstić information content (AvgIpc) is 2.81. The maximum atomic E-state index is 13.5. The van der Waals surface area contributed by atoms with Crippen molar-refractivity contribution in [2.45, 2.75) is 38.5 Å². The number of benzene rings is 1. The molecule has 1 nitrogen and oxygen atoms in total. The Hall–Kier alpha value is -0.700. The summed E-state index contributed by atoms with van der Waals surface area (Å²) >= 11 is 3.22. The van der Waals surface area contributed by atoms with Crippen molar-refractivity contribution < 1.29 is 9.18 Å². The Labute approximate surface area is 110 Å². The van der Waals surface area contributed by atoms with Crippen LogP contribution in [-0.4, -0.2) is 5.78 Å². The number of hydrogen-bond acceptors (Lipinski definition) is 1. The molecule has 17 heavy (non-hydrogen) atoms. The minimum atomic E-state index is -0.224. The molecule has 0 aliphatic heterocycles. The molecule has 0 spiro atoms. The average molecular weight is 299 g/mol. The Morgan fingerprint density at radius 2 is 2.06 bits per heavy atom. The molecule has 0 amide bonds. The van der Waals surface area contributed by atoms with Crippen LogP contribution in [0, 0.1) is 11.7 Å². The largest absolute Gasteiger partial charge is 0.299 e. The molecule has 1 aliphatic carbocycles. The van der Waals surface area contributed by atoms with E-state index in [0.29, 0.717) is 24.2 Å². The maximum Gasteiger partial charge on any atom is 0.136 e. The van der Waals surface area contributed by atoms with Crippen molar-refractivity contribution in [3.05, 3.63) is 34.1 Å². The molecule has 0 unspecified atom stereocenters. The molecule has 1 aliphatic rings. The zero-order valence-electron chi connectivity index (χ0n) is 9.72. The van der Waals surface area contributed by atoms with Gasteiger partial charge in [0.2, 0.25) is 0 Å². The van der Waals surface area contributed by atoms with Crippen molar-refractivity contribution in [1.29, 1.82) is 0 Å². The molecule has 0 bridgehead atoms. The zero-order valence-corrected chi connectivity index (χ0v) is 11.3. The van der Waals surface area contributed by atoms with Gasteiger partial charge in [-0.2, -0.15) is 0 Å². The second-order valence-corrected chi connectivity index (χ2v) is 5.60. The molecule has 3 heteroatoms. The summed E-state index contributed by atoms with van der Waals surface area (Å²) in [6.45, 7) is 0. The van der Waals surface area contributed by atoms with Crippen molar-refractivity contribution in [2.75, 3.05) is 0 Å². The summed E-state index contributed by atoms with van der Waals surface area (Å²) in [6.07, 6.45) is 5.40. The first-order valence-electron chi connectivity index (χ1n) is 6.13. The number of rotatable bonds is 4. The Morgan fingerprint density at radius 3 is 2.71 bits per heavy atom. The Balaban J connectivity index is 1.90. The van der Waals surface area contributed by atoms with E-state index in [-0.39, 0.29) is 11.7 Å². The topological polar surface area (TPSA) is 17.1 Å². The lowest BCUT2D eigenvalue weighted by molar-refractivity contribution is -0.122. The summed E-state index contributed by atoms with van der Waals surface area (Å²) in [7, 11) is 0. The highest BCUT2D eigenvalue weighted by Crippen LogP contribution is 2.27. The minimum absolute atomic E-state index is 0.224. The van der Waals surface area contributed by atoms with Gasteiger partial charge < -0.3 is 0 Å². The van der Waals surface area contributed by atoms with Gasteiger partial charge in [0.1, 0.15) is 11.6 Å². The third-order valence-corrected chi connectivity index (χ3v) is 3.96. The van der Waals surface area contributed by atoms with E-state index in [4.69, 9.17) is 0 Å². The van der Waals surface area contributed by atoms with Gasteiger partial charge >= 0.3 is 0 Å². The fraction of sp³-hybridized carbons (Fsp3) is 0.500. The molecule has 0 N–H and O–H groups in total. The summed E-state index contributed by atoms with van der Waals surface area (Å²) in [5.74, 6) is 0.330. The number of aryl methyl sites for hydroxylation is 1. The van der Waals surface area contributed by atoms with Crippen LogP contribution >= 0.6 is 15.9 Å². The molecule has 1 saturated carbocycles. The van der Waals surface area contributed by atoms with Gasteiger partial charge in [-0.1, -0.05) is 34.8 Å². The maximum absolute atomic E-state index is 13.5. The highest BCUT2D eigenvalue weighted by molar-refractivity contribution is 9.10. The lowest BCUT2D eigenvalue weighted by Crippen LogP contribution is -2.11. The van der Waals surface area contributed by atoms with Gasteiger partial charge in [-0.25, -0.2) is 4.39 Å². The van der Waals surface area contributed by atoms with Crippen molar-refractivity contribution in [1.82, 2.24) is 0 Å². The number of halogens is 2. The van der Waals surface area contributed by atoms with E-state index < -0.39 is 0 Å². The Bertz CT molecular complexity index is 411. The van der Waals surface area contributed by atoms with Crippen LogP contribution in [0.15, 0.2) is 22.7 Å². The van der Waals surface area contributed by atoms with E-state index in [1.165, 1.54) is 18.9 Å². The van der Waals surface area contributed by atoms with E-state index >= 15 is 0 Å². The van der Waals surface area contributed by atoms with Crippen LogP contribution in [0.2, 0.25) is 0 Å². The molecule has 0 radical (unpaired) electrons. The van der Waals surface area contributed by atoms with E-state index in [1.807, 2.05) is 6.07 Å². The van der Waals surface area contributed by atoms with Crippen molar-refractivity contribution in [3.8, 4) is 0 Å². The highest BCUT2D eigenvalue weighted by Gasteiger charge is 2.22. The standard InChI is InChI=1S/C14H16BrFO/c15-12-7-5-10(13(16)9-12)6-8-14(17)11-3-1-2-4-11/h5,7,9,11H,1-4,6,8H2. The van der Waals surface area contributed by atoms with Gasteiger partial charge in [-0.05, 0) is 37.0 Å². The summed E-state index contributed by atoms with van der Waals surface area (Å²) in [5, 5.41) is 0. The van der Waals surface area contributed by atoms with Gasteiger partial charge in [0, 0.05) is 16.8 Å². The lowest BCUT2D eigenvalue weighted by Gasteiger charge is -2.08. The summed E-state index contributed by atoms with van der Waals surface area (Å²) in [6, 6.07) is 5.02. The quantitative estimate of drug-likeness (QED) is 0.811. The Morgan fingerprint density at radius 1 is 1.35 bits per heavy atom. The van der Waals surface area contributed by atoms with Crippen LogP contribution in [0.1, 0.15) is 37.7 Å². The monoisotopic (exact) mass is 298 g/mol. The molecule has 0 saturated heterocycles. The molecule has 0 atom stereocenters. The molecule has 1 fully saturated rings. The molecule has 1 aromatic carbocycles. The SMILES string of the molecule is O=C(CCc1ccc(Br)cc1F)C1CCCC1. The van der Waals surface area contributed by atoms with Gasteiger partial charge in [0.05, 0.1) is 0 Å². The van der Waals surface area contributed by atoms with Crippen molar-refractivity contribution in [3.63, 3.8) is 0 Å². The van der Waals surface area contributed by atoms with Crippen molar-refractivity contribution in [2.24, 2.45) is 5.92 Å². The molecular formula is C14H16BrFO. The molecule has 0 aromatic heterocycles. The fourth-order valence-corrected chi connectivity index (χ4v) is 2.77. The molecule has 1 aromatic rings. The summed E-state index contributed by atoms with van der Waals surface area (Å²) in [4.78, 5) is 11.9. The first-order chi connectivity index (χ1) is 8.16. The van der Waals surface area contributed by atoms with E-state index in [0.717, 1.165) is 17.3 Å². The van der Waals surface area contributed by atoms with Gasteiger partial charge in [0.15, 0.2) is 0 Å². The van der Waals surface area contributed by atoms with Crippen molar-refractivity contribution >= 4 is 21.7 Å². The molecule has 0 heterocycles. The number of ketones is 1. The van der Waals surface area contributed by atoms with Crippen LogP contribution in [0.5, 0.6) is 0 Å². The van der Waals surface area contributed by atoms with Crippen LogP contribution in [-0.2, 0) is 11.2 Å². The van der Waals surface area contributed by atoms with E-state index in [9.17, 15) is 9.18 Å². The second kappa shape index (κ2) is 5.76. The third-order valence-electron chi connectivity index (χ3n) is 3.47. The van der Waals surface area contributed by atoms with Crippen LogP contribution in [0.3, 0.4) is 0 Å². The number of carbonyl (C=O) groups is 1. The molecular weight excluding hydrogens is 283 g/mol. The van der Waals surface area contributed by atoms with E-state index in [1.54, 1.807) is 6.07 Å². The Kier molecular flexibility index (Phi) is 4.32. The second-order valence-electron chi connectivity index (χ2n) is 4.68. The number of Topliss-reactive ketones (excluding diaryl/α,β-unsaturated/α-hetero) is 1. The third kappa shape index (κ3) is 3.38. The zero-order chi connectivity index (χ0) is 12.3. The van der Waals surface area contributed by atoms with Crippen LogP contribution < -0.4 is 0 Å². The van der Waals surface area contributed by atoms with Crippen LogP contribution in [0.25, 0.3) is 0 Å². The van der Waals surface area contributed by atoms with Crippen LogP contribution in [0.4, 0.5) is 4.39 Å². The smallest absolute Gasteiger partial charge is 0.136 e. The summed E-state index contributed by atoms with van der Waals surface area (Å²) in [5.41, 5.74) is 0.638. The number of carbonyl (C=O) groups excluding carboxylic acids is 1. The predicted molar refractivity (Wildman–Crippen MR) is 69.4 cm³/mol. The summed E-state index contributed by atoms with van der Waals surface area (Å²) < 4.78 is 14.3.